The van der Waals surface area contributed by atoms with E-state index in [4.69, 9.17) is 4.74 Å². The third-order valence-corrected chi connectivity index (χ3v) is 4.29. The Kier molecular flexibility index (Phi) is 6.26. The molecule has 4 nitrogen and oxygen atoms in total. The summed E-state index contributed by atoms with van der Waals surface area (Å²) in [5, 5.41) is 0. The van der Waals surface area contributed by atoms with Crippen molar-refractivity contribution in [2.45, 2.75) is 20.4 Å². The third-order valence-electron chi connectivity index (χ3n) is 3.79. The second-order valence-corrected chi connectivity index (χ2v) is 6.27. The van der Waals surface area contributed by atoms with Crippen LogP contribution in [0, 0.1) is 0 Å². The largest absolute Gasteiger partial charge is 0.497 e. The quantitative estimate of drug-likeness (QED) is 0.771. The summed E-state index contributed by atoms with van der Waals surface area (Å²) in [4.78, 5) is 16.2. The molecule has 0 bridgehead atoms. The summed E-state index contributed by atoms with van der Waals surface area (Å²) in [5.74, 6) is 0.909. The fourth-order valence-corrected chi connectivity index (χ4v) is 2.98. The molecule has 0 atom stereocenters. The highest BCUT2D eigenvalue weighted by atomic mass is 79.9. The maximum atomic E-state index is 12.3. The molecule has 0 fully saturated rings. The molecular weight excluding hydrogens is 368 g/mol. The fraction of sp³-hybridized carbons (Fsp3) is 0.316. The highest BCUT2D eigenvalue weighted by Gasteiger charge is 2.26. The predicted octanol–water partition coefficient (Wildman–Crippen LogP) is 4.53. The summed E-state index contributed by atoms with van der Waals surface area (Å²) in [6.45, 7) is 5.32. The normalized spacial score (nSPS) is 13.1. The average Bonchev–Trinajstić information content (AvgIpc) is 2.62. The molecule has 1 amide bonds. The number of halogens is 1. The summed E-state index contributed by atoms with van der Waals surface area (Å²) < 4.78 is 6.16. The van der Waals surface area contributed by atoms with Crippen LogP contribution < -0.4 is 9.64 Å². The van der Waals surface area contributed by atoms with Crippen LogP contribution in [0.15, 0.2) is 46.9 Å². The number of ether oxygens (including phenoxy) is 1. The van der Waals surface area contributed by atoms with Crippen molar-refractivity contribution >= 4 is 27.5 Å². The highest BCUT2D eigenvalue weighted by Crippen LogP contribution is 2.31. The number of hydrogen-bond acceptors (Lipinski definition) is 3. The van der Waals surface area contributed by atoms with Crippen molar-refractivity contribution in [1.29, 1.82) is 0 Å². The van der Waals surface area contributed by atoms with Gasteiger partial charge in [-0.25, -0.2) is 0 Å². The van der Waals surface area contributed by atoms with Gasteiger partial charge in [-0.15, -0.1) is 0 Å². The maximum absolute atomic E-state index is 12.3. The number of nitrogens with zero attached hydrogens (tertiary/aromatic N) is 2. The number of carbonyl (C=O) groups is 1. The van der Waals surface area contributed by atoms with E-state index in [0.29, 0.717) is 6.67 Å². The Morgan fingerprint density at radius 3 is 2.42 bits per heavy atom. The van der Waals surface area contributed by atoms with E-state index in [-0.39, 0.29) is 5.91 Å². The molecule has 0 unspecified atom stereocenters. The molecule has 24 heavy (non-hydrogen) atoms. The van der Waals surface area contributed by atoms with Gasteiger partial charge in [0.2, 0.25) is 0 Å². The van der Waals surface area contributed by atoms with Gasteiger partial charge in [0.05, 0.1) is 25.0 Å². The van der Waals surface area contributed by atoms with Gasteiger partial charge in [-0.05, 0) is 35.9 Å². The van der Waals surface area contributed by atoms with Crippen LogP contribution in [0.4, 0.5) is 5.69 Å². The Morgan fingerprint density at radius 1 is 1.12 bits per heavy atom. The van der Waals surface area contributed by atoms with Crippen molar-refractivity contribution in [3.05, 3.63) is 58.1 Å². The molecular formula is C19H23BrN2O2. The van der Waals surface area contributed by atoms with E-state index >= 15 is 0 Å². The minimum Gasteiger partial charge on any atom is -0.497 e. The van der Waals surface area contributed by atoms with E-state index in [1.165, 1.54) is 5.56 Å². The molecule has 2 aromatic carbocycles. The van der Waals surface area contributed by atoms with Crippen LogP contribution in [-0.2, 0) is 6.54 Å². The topological polar surface area (TPSA) is 32.8 Å². The molecule has 3 rings (SSSR count). The van der Waals surface area contributed by atoms with Crippen LogP contribution in [0.5, 0.6) is 5.75 Å². The van der Waals surface area contributed by atoms with E-state index in [2.05, 4.69) is 20.8 Å². The molecule has 0 saturated heterocycles. The molecule has 2 aromatic rings. The molecule has 0 spiro atoms. The third kappa shape index (κ3) is 3.90. The Morgan fingerprint density at radius 2 is 1.79 bits per heavy atom. The number of methoxy groups -OCH3 is 1. The standard InChI is InChI=1S/C17H17BrN2O2.C2H6/c1-19-11-20(10-12-3-6-14(22-2)7-4-12)16-9-13(18)5-8-15(16)17(19)21;1-2/h3-9H,10-11H2,1-2H3;1-2H3. The summed E-state index contributed by atoms with van der Waals surface area (Å²) in [6.07, 6.45) is 0. The first kappa shape index (κ1) is 18.3. The van der Waals surface area contributed by atoms with Crippen LogP contribution in [0.25, 0.3) is 0 Å². The molecule has 1 aliphatic heterocycles. The van der Waals surface area contributed by atoms with E-state index in [9.17, 15) is 4.79 Å². The minimum absolute atomic E-state index is 0.0634. The van der Waals surface area contributed by atoms with Crippen LogP contribution in [0.2, 0.25) is 0 Å². The zero-order valence-electron chi connectivity index (χ0n) is 14.5. The van der Waals surface area contributed by atoms with E-state index < -0.39 is 0 Å². The van der Waals surface area contributed by atoms with Crippen molar-refractivity contribution < 1.29 is 9.53 Å². The number of anilines is 1. The number of hydrogen-bond donors (Lipinski definition) is 0. The molecule has 128 valence electrons. The van der Waals surface area contributed by atoms with Gasteiger partial charge < -0.3 is 14.5 Å². The van der Waals surface area contributed by atoms with Crippen molar-refractivity contribution in [3.8, 4) is 5.75 Å². The first-order chi connectivity index (χ1) is 11.6. The zero-order valence-corrected chi connectivity index (χ0v) is 16.1. The van der Waals surface area contributed by atoms with Gasteiger partial charge in [0.15, 0.2) is 0 Å². The van der Waals surface area contributed by atoms with Gasteiger partial charge in [-0.3, -0.25) is 4.79 Å². The number of fused-ring (bicyclic) bond motifs is 1. The second kappa shape index (κ2) is 8.20. The van der Waals surface area contributed by atoms with Gasteiger partial charge in [-0.2, -0.15) is 0 Å². The lowest BCUT2D eigenvalue weighted by molar-refractivity contribution is 0.0781. The highest BCUT2D eigenvalue weighted by molar-refractivity contribution is 9.10. The molecule has 0 aromatic heterocycles. The maximum Gasteiger partial charge on any atom is 0.257 e. The van der Waals surface area contributed by atoms with Crippen molar-refractivity contribution in [1.82, 2.24) is 4.90 Å². The zero-order chi connectivity index (χ0) is 17.7. The summed E-state index contributed by atoms with van der Waals surface area (Å²) in [6, 6.07) is 13.8. The number of amides is 1. The average molecular weight is 391 g/mol. The van der Waals surface area contributed by atoms with Crippen molar-refractivity contribution in [2.24, 2.45) is 0 Å². The first-order valence-corrected chi connectivity index (χ1v) is 8.80. The molecule has 0 radical (unpaired) electrons. The van der Waals surface area contributed by atoms with E-state index in [0.717, 1.165) is 28.0 Å². The Bertz CT molecular complexity index is 701. The monoisotopic (exact) mass is 390 g/mol. The molecule has 0 saturated carbocycles. The van der Waals surface area contributed by atoms with E-state index in [1.54, 1.807) is 12.0 Å². The number of rotatable bonds is 3. The van der Waals surface area contributed by atoms with Gasteiger partial charge in [-0.1, -0.05) is 41.9 Å². The number of benzene rings is 2. The fourth-order valence-electron chi connectivity index (χ4n) is 2.64. The summed E-state index contributed by atoms with van der Waals surface area (Å²) in [7, 11) is 3.49. The molecule has 1 heterocycles. The van der Waals surface area contributed by atoms with Gasteiger partial charge in [0.25, 0.3) is 5.91 Å². The lowest BCUT2D eigenvalue weighted by atomic mass is 10.1. The Hall–Kier alpha value is -2.01. The number of carbonyl (C=O) groups excluding carboxylic acids is 1. The van der Waals surface area contributed by atoms with E-state index in [1.807, 2.05) is 63.4 Å². The van der Waals surface area contributed by atoms with Crippen molar-refractivity contribution in [3.63, 3.8) is 0 Å². The summed E-state index contributed by atoms with van der Waals surface area (Å²) >= 11 is 3.49. The Labute approximate surface area is 152 Å². The Balaban J connectivity index is 0.00000100. The first-order valence-electron chi connectivity index (χ1n) is 8.01. The molecule has 0 N–H and O–H groups in total. The van der Waals surface area contributed by atoms with Crippen LogP contribution in [-0.4, -0.2) is 31.6 Å². The van der Waals surface area contributed by atoms with Crippen molar-refractivity contribution in [2.75, 3.05) is 25.7 Å². The molecule has 1 aliphatic rings. The lowest BCUT2D eigenvalue weighted by Crippen LogP contribution is -2.44. The minimum atomic E-state index is 0.0634. The predicted molar refractivity (Wildman–Crippen MR) is 102 cm³/mol. The molecule has 0 aliphatic carbocycles. The van der Waals surface area contributed by atoms with Gasteiger partial charge in [0.1, 0.15) is 5.75 Å². The van der Waals surface area contributed by atoms with Crippen LogP contribution in [0.1, 0.15) is 29.8 Å². The van der Waals surface area contributed by atoms with Crippen LogP contribution >= 0.6 is 15.9 Å². The second-order valence-electron chi connectivity index (χ2n) is 5.35. The van der Waals surface area contributed by atoms with Gasteiger partial charge >= 0.3 is 0 Å². The van der Waals surface area contributed by atoms with Crippen LogP contribution in [0.3, 0.4) is 0 Å². The van der Waals surface area contributed by atoms with Gasteiger partial charge in [0, 0.05) is 18.1 Å². The lowest BCUT2D eigenvalue weighted by Gasteiger charge is -2.36. The SMILES string of the molecule is CC.COc1ccc(CN2CN(C)C(=O)c3ccc(Br)cc32)cc1. The smallest absolute Gasteiger partial charge is 0.257 e. The summed E-state index contributed by atoms with van der Waals surface area (Å²) in [5.41, 5.74) is 2.88. The molecule has 5 heteroatoms.